The zero-order chi connectivity index (χ0) is 40.7. The number of nitrogens with zero attached hydrogens (tertiary/aromatic N) is 1. The van der Waals surface area contributed by atoms with Gasteiger partial charge in [-0.15, -0.1) is 0 Å². The van der Waals surface area contributed by atoms with E-state index in [0.29, 0.717) is 23.9 Å². The molecule has 0 aromatic heterocycles. The molecule has 0 saturated carbocycles. The summed E-state index contributed by atoms with van der Waals surface area (Å²) < 4.78 is 23.1. The Kier molecular flexibility index (Phi) is 35.3. The van der Waals surface area contributed by atoms with E-state index in [2.05, 4.69) is 104 Å². The number of phosphoric ester groups is 1. The Bertz CT molecular complexity index is 1210. The zero-order valence-electron chi connectivity index (χ0n) is 35.3. The number of quaternary nitrogens is 1. The first-order valence-electron chi connectivity index (χ1n) is 21.1. The number of phosphoric acid groups is 1. The summed E-state index contributed by atoms with van der Waals surface area (Å²) in [7, 11) is 1.18. The lowest BCUT2D eigenvalue weighted by atomic mass is 10.1. The van der Waals surface area contributed by atoms with Gasteiger partial charge < -0.3 is 28.8 Å². The maximum absolute atomic E-state index is 12.8. The number of likely N-dealkylation sites (N-methyl/N-ethyl adjacent to an activating group) is 1. The van der Waals surface area contributed by atoms with Gasteiger partial charge in [-0.25, -0.2) is 0 Å². The van der Waals surface area contributed by atoms with Crippen LogP contribution in [0.3, 0.4) is 0 Å². The molecule has 0 aliphatic heterocycles. The first-order valence-corrected chi connectivity index (χ1v) is 22.6. The van der Waals surface area contributed by atoms with E-state index in [1.165, 1.54) is 38.5 Å². The third-order valence-corrected chi connectivity index (χ3v) is 9.47. The number of aliphatic hydroxyl groups is 1. The third kappa shape index (κ3) is 39.5. The Morgan fingerprint density at radius 2 is 1.13 bits per heavy atom. The molecule has 9 heteroatoms. The van der Waals surface area contributed by atoms with Gasteiger partial charge in [-0.05, 0) is 83.5 Å². The third-order valence-electron chi connectivity index (χ3n) is 8.51. The van der Waals surface area contributed by atoms with E-state index in [-0.39, 0.29) is 18.9 Å². The van der Waals surface area contributed by atoms with Crippen LogP contribution in [-0.2, 0) is 18.4 Å². The van der Waals surface area contributed by atoms with Crippen molar-refractivity contribution in [1.29, 1.82) is 0 Å². The predicted octanol–water partition coefficient (Wildman–Crippen LogP) is 10.9. The fourth-order valence-electron chi connectivity index (χ4n) is 5.16. The second kappa shape index (κ2) is 37.0. The summed E-state index contributed by atoms with van der Waals surface area (Å²) in [4.78, 5) is 25.2. The molecule has 0 aliphatic carbocycles. The smallest absolute Gasteiger partial charge is 0.268 e. The number of hydrogen-bond donors (Lipinski definition) is 2. The molecule has 0 radical (unpaired) electrons. The van der Waals surface area contributed by atoms with Crippen LogP contribution >= 0.6 is 7.82 Å². The van der Waals surface area contributed by atoms with Crippen LogP contribution in [0, 0.1) is 0 Å². The average Bonchev–Trinajstić information content (AvgIpc) is 3.13. The van der Waals surface area contributed by atoms with Gasteiger partial charge in [0.05, 0.1) is 39.9 Å². The summed E-state index contributed by atoms with van der Waals surface area (Å²) in [6.07, 6.45) is 51.8. The molecule has 314 valence electrons. The van der Waals surface area contributed by atoms with Crippen LogP contribution in [0.1, 0.15) is 136 Å². The summed E-state index contributed by atoms with van der Waals surface area (Å²) in [6, 6.07) is -0.944. The van der Waals surface area contributed by atoms with Crippen molar-refractivity contribution in [2.45, 2.75) is 148 Å². The minimum absolute atomic E-state index is 0.0252. The maximum Gasteiger partial charge on any atom is 0.268 e. The normalized spacial score (nSPS) is 15.4. The fraction of sp³-hybridized carbons (Fsp3) is 0.630. The Labute approximate surface area is 337 Å². The molecular formula is C46H79N2O6P. The van der Waals surface area contributed by atoms with Crippen molar-refractivity contribution >= 4 is 13.7 Å². The van der Waals surface area contributed by atoms with Gasteiger partial charge in [0.2, 0.25) is 5.91 Å². The highest BCUT2D eigenvalue weighted by Crippen LogP contribution is 2.38. The molecule has 1 amide bonds. The van der Waals surface area contributed by atoms with E-state index in [0.717, 1.165) is 64.2 Å². The van der Waals surface area contributed by atoms with Crippen LogP contribution in [0.25, 0.3) is 0 Å². The van der Waals surface area contributed by atoms with Crippen molar-refractivity contribution in [2.24, 2.45) is 0 Å². The second-order valence-corrected chi connectivity index (χ2v) is 16.3. The molecule has 55 heavy (non-hydrogen) atoms. The summed E-state index contributed by atoms with van der Waals surface area (Å²) in [6.45, 7) is 4.41. The number of carbonyl (C=O) groups is 1. The van der Waals surface area contributed by atoms with E-state index in [1.807, 2.05) is 27.2 Å². The van der Waals surface area contributed by atoms with Crippen molar-refractivity contribution in [3.8, 4) is 0 Å². The van der Waals surface area contributed by atoms with Gasteiger partial charge >= 0.3 is 0 Å². The number of amides is 1. The van der Waals surface area contributed by atoms with E-state index in [9.17, 15) is 19.4 Å². The summed E-state index contributed by atoms with van der Waals surface area (Å²) in [5.41, 5.74) is 0. The highest BCUT2D eigenvalue weighted by molar-refractivity contribution is 7.45. The van der Waals surface area contributed by atoms with Crippen LogP contribution in [-0.4, -0.2) is 68.5 Å². The Hall–Kier alpha value is -2.58. The monoisotopic (exact) mass is 787 g/mol. The van der Waals surface area contributed by atoms with Gasteiger partial charge in [0.1, 0.15) is 13.2 Å². The SMILES string of the molecule is CC/C=C\C/C=C\C/C=C\C/C=C\C/C=C\CCCC(=O)NC(COP(=O)([O-])OCC[N+](C)(C)C)C(O)/C=C/CC/C=C/CC/C=C/CCCCCCCC. The van der Waals surface area contributed by atoms with E-state index in [4.69, 9.17) is 9.05 Å². The van der Waals surface area contributed by atoms with Gasteiger partial charge in [-0.1, -0.05) is 143 Å². The standard InChI is InChI=1S/C46H79N2O6P/c1-6-8-10-12-14-16-18-20-22-24-26-28-30-32-34-36-38-40-46(50)47-44(43-54-55(51,52)53-42-41-48(3,4)5)45(49)39-37-35-33-31-29-27-25-23-21-19-17-15-13-11-9-7-2/h8,10,14,16,20-23,26,28-29,31-32,34,37,39,44-45,49H,6-7,9,11-13,15,17-19,24-25,27,30,33,35-36,38,40-43H2,1-5H3,(H-,47,50,51,52)/b10-8-,16-14-,22-20-,23-21+,28-26-,31-29+,34-32-,39-37+. The topological polar surface area (TPSA) is 108 Å². The summed E-state index contributed by atoms with van der Waals surface area (Å²) >= 11 is 0. The minimum Gasteiger partial charge on any atom is -0.756 e. The lowest BCUT2D eigenvalue weighted by Gasteiger charge is -2.29. The molecule has 0 rings (SSSR count). The van der Waals surface area contributed by atoms with E-state index >= 15 is 0 Å². The molecule has 0 bridgehead atoms. The predicted molar refractivity (Wildman–Crippen MR) is 233 cm³/mol. The lowest BCUT2D eigenvalue weighted by molar-refractivity contribution is -0.870. The molecular weight excluding hydrogens is 707 g/mol. The van der Waals surface area contributed by atoms with Crippen molar-refractivity contribution in [2.75, 3.05) is 40.9 Å². The molecule has 0 aliphatic rings. The Balaban J connectivity index is 4.68. The highest BCUT2D eigenvalue weighted by atomic mass is 31.2. The van der Waals surface area contributed by atoms with Gasteiger partial charge in [0.25, 0.3) is 7.82 Å². The van der Waals surface area contributed by atoms with Crippen LogP contribution in [0.4, 0.5) is 0 Å². The van der Waals surface area contributed by atoms with Crippen LogP contribution in [0.15, 0.2) is 97.2 Å². The molecule has 3 unspecified atom stereocenters. The number of rotatable bonds is 36. The van der Waals surface area contributed by atoms with E-state index < -0.39 is 26.6 Å². The van der Waals surface area contributed by atoms with Crippen molar-refractivity contribution < 1.29 is 32.9 Å². The number of unbranched alkanes of at least 4 members (excludes halogenated alkanes) is 9. The quantitative estimate of drug-likeness (QED) is 0.0283. The summed E-state index contributed by atoms with van der Waals surface area (Å²) in [5.74, 6) is -0.274. The van der Waals surface area contributed by atoms with Crippen LogP contribution in [0.5, 0.6) is 0 Å². The van der Waals surface area contributed by atoms with Gasteiger partial charge in [-0.3, -0.25) is 9.36 Å². The Morgan fingerprint density at radius 1 is 0.655 bits per heavy atom. The zero-order valence-corrected chi connectivity index (χ0v) is 36.2. The molecule has 0 saturated heterocycles. The Morgan fingerprint density at radius 3 is 1.69 bits per heavy atom. The largest absolute Gasteiger partial charge is 0.756 e. The second-order valence-electron chi connectivity index (χ2n) is 14.9. The first kappa shape index (κ1) is 52.4. The van der Waals surface area contributed by atoms with Gasteiger partial charge in [-0.2, -0.15) is 0 Å². The van der Waals surface area contributed by atoms with Crippen LogP contribution in [0.2, 0.25) is 0 Å². The fourth-order valence-corrected chi connectivity index (χ4v) is 5.88. The lowest BCUT2D eigenvalue weighted by Crippen LogP contribution is -2.45. The molecule has 2 N–H and O–H groups in total. The van der Waals surface area contributed by atoms with E-state index in [1.54, 1.807) is 6.08 Å². The van der Waals surface area contributed by atoms with Gasteiger partial charge in [0.15, 0.2) is 0 Å². The molecule has 3 atom stereocenters. The molecule has 8 nitrogen and oxygen atoms in total. The average molecular weight is 787 g/mol. The summed E-state index contributed by atoms with van der Waals surface area (Å²) in [5, 5.41) is 13.7. The van der Waals surface area contributed by atoms with Crippen LogP contribution < -0.4 is 10.2 Å². The number of carbonyl (C=O) groups excluding carboxylic acids is 1. The molecule has 0 aromatic carbocycles. The number of nitrogens with one attached hydrogen (secondary N) is 1. The molecule has 0 fully saturated rings. The van der Waals surface area contributed by atoms with Crippen molar-refractivity contribution in [3.05, 3.63) is 97.2 Å². The highest BCUT2D eigenvalue weighted by Gasteiger charge is 2.23. The molecule has 0 spiro atoms. The maximum atomic E-state index is 12.8. The minimum atomic E-state index is -4.62. The van der Waals surface area contributed by atoms with Gasteiger partial charge in [0, 0.05) is 6.42 Å². The first-order chi connectivity index (χ1) is 26.5. The number of hydrogen-bond acceptors (Lipinski definition) is 6. The molecule has 0 heterocycles. The van der Waals surface area contributed by atoms with Crippen molar-refractivity contribution in [3.63, 3.8) is 0 Å². The number of allylic oxidation sites excluding steroid dienone is 15. The number of aliphatic hydroxyl groups excluding tert-OH is 1. The molecule has 0 aromatic rings. The van der Waals surface area contributed by atoms with Crippen molar-refractivity contribution in [1.82, 2.24) is 5.32 Å².